The van der Waals surface area contributed by atoms with E-state index in [-0.39, 0.29) is 18.0 Å². The molecule has 4 aliphatic carbocycles. The molecule has 0 unspecified atom stereocenters. The Labute approximate surface area is 176 Å². The molecule has 6 rings (SSSR count). The molecule has 0 spiro atoms. The maximum Gasteiger partial charge on any atom is 0.344 e. The van der Waals surface area contributed by atoms with Crippen molar-refractivity contribution in [1.29, 1.82) is 0 Å². The minimum Gasteiger partial charge on any atom is -0.318 e. The van der Waals surface area contributed by atoms with E-state index in [1.54, 1.807) is 0 Å². The first-order valence-electron chi connectivity index (χ1n) is 11.2. The maximum atomic E-state index is 13.1. The van der Waals surface area contributed by atoms with Gasteiger partial charge in [0.1, 0.15) is 5.54 Å². The fraction of sp³-hybridized carbons (Fsp3) is 0.609. The van der Waals surface area contributed by atoms with Crippen LogP contribution in [0, 0.1) is 17.8 Å². The zero-order valence-corrected chi connectivity index (χ0v) is 17.4. The first-order chi connectivity index (χ1) is 14.4. The lowest BCUT2D eigenvalue weighted by atomic mass is 9.53. The van der Waals surface area contributed by atoms with Crippen molar-refractivity contribution in [2.24, 2.45) is 17.8 Å². The van der Waals surface area contributed by atoms with Crippen molar-refractivity contribution in [3.05, 3.63) is 35.9 Å². The number of urea groups is 1. The Balaban J connectivity index is 1.24. The van der Waals surface area contributed by atoms with Crippen LogP contribution in [0.2, 0.25) is 0 Å². The number of amides is 4. The second-order valence-electron chi connectivity index (χ2n) is 9.78. The van der Waals surface area contributed by atoms with Gasteiger partial charge in [0.05, 0.1) is 6.54 Å². The van der Waals surface area contributed by atoms with E-state index in [0.717, 1.165) is 42.0 Å². The minimum atomic E-state index is -1.14. The molecule has 3 N–H and O–H groups in total. The average molecular weight is 411 g/mol. The van der Waals surface area contributed by atoms with Gasteiger partial charge in [-0.05, 0) is 68.3 Å². The fourth-order valence-corrected chi connectivity index (χ4v) is 6.80. The summed E-state index contributed by atoms with van der Waals surface area (Å²) in [6, 6.07) is 8.59. The molecule has 160 valence electrons. The van der Waals surface area contributed by atoms with E-state index in [4.69, 9.17) is 0 Å². The smallest absolute Gasteiger partial charge is 0.318 e. The minimum absolute atomic E-state index is 0.0561. The van der Waals surface area contributed by atoms with Crippen molar-refractivity contribution >= 4 is 17.8 Å². The molecule has 4 saturated carbocycles. The second-order valence-corrected chi connectivity index (χ2v) is 9.78. The standard InChI is InChI=1S/C23H30N4O3/c1-2-23(18-6-4-3-5-7-18)20(29)27(21(30)25-23)26-19(28)14-24-22-11-15-8-16(12-22)10-17(9-15)13-22/h3-7,15-17,24H,2,8-14H2,1H3,(H,25,30)(H,26,28)/t15?,16?,17?,22?,23-/m0/s1. The van der Waals surface area contributed by atoms with Crippen LogP contribution in [0.25, 0.3) is 0 Å². The van der Waals surface area contributed by atoms with Gasteiger partial charge in [0.2, 0.25) is 0 Å². The summed E-state index contributed by atoms with van der Waals surface area (Å²) in [5.74, 6) is 1.56. The lowest BCUT2D eigenvalue weighted by molar-refractivity contribution is -0.139. The predicted molar refractivity (Wildman–Crippen MR) is 111 cm³/mol. The molecule has 7 heteroatoms. The maximum absolute atomic E-state index is 13.1. The molecule has 4 bridgehead atoms. The van der Waals surface area contributed by atoms with Gasteiger partial charge in [-0.2, -0.15) is 5.01 Å². The third kappa shape index (κ3) is 3.11. The van der Waals surface area contributed by atoms with Crippen molar-refractivity contribution in [1.82, 2.24) is 21.1 Å². The van der Waals surface area contributed by atoms with E-state index >= 15 is 0 Å². The quantitative estimate of drug-likeness (QED) is 0.629. The van der Waals surface area contributed by atoms with E-state index in [1.807, 2.05) is 37.3 Å². The number of carbonyl (C=O) groups excluding carboxylic acids is 3. The van der Waals surface area contributed by atoms with E-state index in [1.165, 1.54) is 19.3 Å². The number of benzene rings is 1. The van der Waals surface area contributed by atoms with Crippen molar-refractivity contribution in [3.8, 4) is 0 Å². The molecule has 7 nitrogen and oxygen atoms in total. The van der Waals surface area contributed by atoms with Crippen molar-refractivity contribution in [3.63, 3.8) is 0 Å². The van der Waals surface area contributed by atoms with Crippen LogP contribution in [-0.2, 0) is 15.1 Å². The van der Waals surface area contributed by atoms with Gasteiger partial charge in [-0.25, -0.2) is 4.79 Å². The molecule has 30 heavy (non-hydrogen) atoms. The van der Waals surface area contributed by atoms with Gasteiger partial charge in [0.15, 0.2) is 0 Å². The van der Waals surface area contributed by atoms with Gasteiger partial charge in [0, 0.05) is 5.54 Å². The van der Waals surface area contributed by atoms with E-state index in [0.29, 0.717) is 12.0 Å². The molecular weight excluding hydrogens is 380 g/mol. The van der Waals surface area contributed by atoms with Gasteiger partial charge in [0.25, 0.3) is 11.8 Å². The highest BCUT2D eigenvalue weighted by Crippen LogP contribution is 2.55. The van der Waals surface area contributed by atoms with Gasteiger partial charge >= 0.3 is 6.03 Å². The Hall–Kier alpha value is -2.41. The third-order valence-corrected chi connectivity index (χ3v) is 7.79. The van der Waals surface area contributed by atoms with Crippen LogP contribution < -0.4 is 16.1 Å². The number of imide groups is 1. The zero-order valence-electron chi connectivity index (χ0n) is 17.4. The monoisotopic (exact) mass is 410 g/mol. The van der Waals surface area contributed by atoms with Gasteiger partial charge in [-0.15, -0.1) is 0 Å². The fourth-order valence-electron chi connectivity index (χ4n) is 6.80. The average Bonchev–Trinajstić information content (AvgIpc) is 2.97. The topological polar surface area (TPSA) is 90.5 Å². The molecule has 5 aliphatic rings. The summed E-state index contributed by atoms with van der Waals surface area (Å²) in [6.45, 7) is 1.97. The predicted octanol–water partition coefficient (Wildman–Crippen LogP) is 2.43. The molecular formula is C23H30N4O3. The number of rotatable bonds is 6. The molecule has 0 radical (unpaired) electrons. The lowest BCUT2D eigenvalue weighted by Crippen LogP contribution is -2.60. The number of nitrogens with one attached hydrogen (secondary N) is 3. The van der Waals surface area contributed by atoms with Crippen LogP contribution in [0.15, 0.2) is 30.3 Å². The molecule has 1 aliphatic heterocycles. The van der Waals surface area contributed by atoms with Crippen LogP contribution in [-0.4, -0.2) is 34.9 Å². The highest BCUT2D eigenvalue weighted by molar-refractivity contribution is 6.08. The van der Waals surface area contributed by atoms with Crippen LogP contribution in [0.5, 0.6) is 0 Å². The first-order valence-corrected chi connectivity index (χ1v) is 11.2. The van der Waals surface area contributed by atoms with Crippen LogP contribution in [0.4, 0.5) is 4.79 Å². The number of hydrazine groups is 1. The lowest BCUT2D eigenvalue weighted by Gasteiger charge is -2.57. The van der Waals surface area contributed by atoms with E-state index < -0.39 is 17.5 Å². The molecule has 5 fully saturated rings. The van der Waals surface area contributed by atoms with Gasteiger partial charge < -0.3 is 10.6 Å². The van der Waals surface area contributed by atoms with Gasteiger partial charge in [-0.1, -0.05) is 37.3 Å². The third-order valence-electron chi connectivity index (χ3n) is 7.79. The number of hydrogen-bond acceptors (Lipinski definition) is 4. The van der Waals surface area contributed by atoms with Gasteiger partial charge in [-0.3, -0.25) is 15.0 Å². The molecule has 4 amide bonds. The summed E-state index contributed by atoms with van der Waals surface area (Å²) >= 11 is 0. The van der Waals surface area contributed by atoms with Crippen molar-refractivity contribution in [2.75, 3.05) is 6.54 Å². The van der Waals surface area contributed by atoms with Crippen molar-refractivity contribution < 1.29 is 14.4 Å². The molecule has 1 saturated heterocycles. The summed E-state index contributed by atoms with van der Waals surface area (Å²) < 4.78 is 0. The SMILES string of the molecule is CC[C@@]1(c2ccccc2)NC(=O)N(NC(=O)CNC23CC4CC(CC(C4)C2)C3)C1=O. The Morgan fingerprint density at radius 3 is 2.23 bits per heavy atom. The Morgan fingerprint density at radius 2 is 1.67 bits per heavy atom. The summed E-state index contributed by atoms with van der Waals surface area (Å²) in [5.41, 5.74) is 2.17. The number of carbonyl (C=O) groups is 3. The number of hydrogen-bond donors (Lipinski definition) is 3. The van der Waals surface area contributed by atoms with Crippen molar-refractivity contribution in [2.45, 2.75) is 62.9 Å². The Bertz CT molecular complexity index is 835. The summed E-state index contributed by atoms with van der Waals surface area (Å²) in [6.07, 6.45) is 7.85. The molecule has 1 aromatic carbocycles. The Kier molecular flexibility index (Phi) is 4.61. The number of nitrogens with zero attached hydrogens (tertiary/aromatic N) is 1. The molecule has 1 atom stereocenters. The molecule has 0 aromatic heterocycles. The zero-order chi connectivity index (χ0) is 20.9. The Morgan fingerprint density at radius 1 is 1.07 bits per heavy atom. The van der Waals surface area contributed by atoms with Crippen LogP contribution >= 0.6 is 0 Å². The first kappa shape index (κ1) is 19.5. The van der Waals surface area contributed by atoms with Crippen LogP contribution in [0.1, 0.15) is 57.4 Å². The van der Waals surface area contributed by atoms with E-state index in [9.17, 15) is 14.4 Å². The van der Waals surface area contributed by atoms with Crippen LogP contribution in [0.3, 0.4) is 0 Å². The normalized spacial score (nSPS) is 36.8. The largest absolute Gasteiger partial charge is 0.344 e. The summed E-state index contributed by atoms with van der Waals surface area (Å²) in [7, 11) is 0. The molecule has 1 heterocycles. The summed E-state index contributed by atoms with van der Waals surface area (Å²) in [4.78, 5) is 38.4. The highest BCUT2D eigenvalue weighted by Gasteiger charge is 2.53. The molecule has 1 aromatic rings. The highest BCUT2D eigenvalue weighted by atomic mass is 16.2. The second kappa shape index (κ2) is 7.08. The summed E-state index contributed by atoms with van der Waals surface area (Å²) in [5, 5.41) is 7.15. The van der Waals surface area contributed by atoms with E-state index in [2.05, 4.69) is 16.1 Å².